The van der Waals surface area contributed by atoms with Gasteiger partial charge in [-0.05, 0) is 19.1 Å². The molecule has 0 saturated heterocycles. The first-order valence-corrected chi connectivity index (χ1v) is 8.07. The highest BCUT2D eigenvalue weighted by atomic mass is 32.1. The molecule has 2 heterocycles. The van der Waals surface area contributed by atoms with E-state index in [1.165, 1.54) is 21.4 Å². The van der Waals surface area contributed by atoms with Crippen LogP contribution >= 0.6 is 22.9 Å². The Morgan fingerprint density at radius 2 is 2.09 bits per heavy atom. The molecule has 0 atom stereocenters. The molecule has 2 aliphatic rings. The van der Waals surface area contributed by atoms with Gasteiger partial charge in [-0.2, -0.15) is 0 Å². The molecule has 23 heavy (non-hydrogen) atoms. The number of amides is 1. The van der Waals surface area contributed by atoms with Gasteiger partial charge in [-0.15, -0.1) is 11.3 Å². The Hall–Kier alpha value is -2.52. The van der Waals surface area contributed by atoms with Gasteiger partial charge in [0, 0.05) is 18.1 Å². The van der Waals surface area contributed by atoms with Crippen molar-refractivity contribution in [2.45, 2.75) is 6.92 Å². The molecule has 1 aliphatic heterocycles. The fourth-order valence-electron chi connectivity index (χ4n) is 2.13. The monoisotopic (exact) mass is 349 g/mol. The number of carbonyl (C=O) groups excluding carboxylic acids is 1. The lowest BCUT2D eigenvalue weighted by Gasteiger charge is -2.10. The number of hydrogen-bond donors (Lipinski definition) is 2. The summed E-state index contributed by atoms with van der Waals surface area (Å²) in [5.41, 5.74) is -1.65. The maximum atomic E-state index is 12.4. The summed E-state index contributed by atoms with van der Waals surface area (Å²) in [6, 6.07) is 2.61. The molecule has 2 N–H and O–H groups in total. The van der Waals surface area contributed by atoms with E-state index < -0.39 is 22.5 Å². The molecule has 0 radical (unpaired) electrons. The maximum absolute atomic E-state index is 12.4. The van der Waals surface area contributed by atoms with Crippen LogP contribution in [-0.4, -0.2) is 20.0 Å². The van der Waals surface area contributed by atoms with Crippen LogP contribution in [-0.2, 0) is 7.05 Å². The summed E-state index contributed by atoms with van der Waals surface area (Å²) in [6.07, 6.45) is 1.61. The third-order valence-electron chi connectivity index (χ3n) is 3.15. The lowest BCUT2D eigenvalue weighted by molar-refractivity contribution is 0.101. The molecular formula is C14H11N3O4S2. The Bertz CT molecular complexity index is 1100. The van der Waals surface area contributed by atoms with Crippen LogP contribution in [0.3, 0.4) is 0 Å². The summed E-state index contributed by atoms with van der Waals surface area (Å²) in [6.45, 7) is 1.85. The third kappa shape index (κ3) is 2.64. The number of nitrogens with zero attached hydrogens (tertiary/aromatic N) is 2. The van der Waals surface area contributed by atoms with E-state index in [-0.39, 0.29) is 10.9 Å². The Labute approximate surface area is 137 Å². The number of aromatic hydroxyl groups is 1. The van der Waals surface area contributed by atoms with Crippen molar-refractivity contribution in [3.63, 3.8) is 0 Å². The molecule has 7 nitrogen and oxygen atoms in total. The predicted molar refractivity (Wildman–Crippen MR) is 87.6 cm³/mol. The summed E-state index contributed by atoms with van der Waals surface area (Å²) < 4.78 is 1.87. The van der Waals surface area contributed by atoms with Crippen LogP contribution in [0.15, 0.2) is 27.9 Å². The first-order chi connectivity index (χ1) is 10.9. The van der Waals surface area contributed by atoms with Crippen LogP contribution in [0, 0.1) is 16.7 Å². The van der Waals surface area contributed by atoms with Crippen molar-refractivity contribution in [3.8, 4) is 5.75 Å². The van der Waals surface area contributed by atoms with Gasteiger partial charge in [0.05, 0.1) is 9.75 Å². The first-order valence-electron chi connectivity index (χ1n) is 6.48. The number of aryl methyl sites for hydroxylation is 2. The maximum Gasteiger partial charge on any atom is 0.278 e. The normalized spacial score (nSPS) is 10.9. The quantitative estimate of drug-likeness (QED) is 0.678. The Kier molecular flexibility index (Phi) is 3.74. The van der Waals surface area contributed by atoms with Crippen LogP contribution in [0.1, 0.15) is 15.4 Å². The standard InChI is InChI=1S/C14H11N3O4S2/c1-6-5-15-14(22-6)16-13(21)10-12(20)9-8(23-17(10)2)4-3-7(18)11(9)19/h3-5,20H,1-2H3,(H,15,16,21). The number of hydrogen-bond acceptors (Lipinski definition) is 7. The Morgan fingerprint density at radius 1 is 1.35 bits per heavy atom. The van der Waals surface area contributed by atoms with Crippen molar-refractivity contribution in [3.05, 3.63) is 59.1 Å². The lowest BCUT2D eigenvalue weighted by Crippen LogP contribution is -2.25. The molecule has 3 rings (SSSR count). The smallest absolute Gasteiger partial charge is 0.278 e. The second kappa shape index (κ2) is 5.60. The second-order valence-corrected chi connectivity index (χ2v) is 7.19. The van der Waals surface area contributed by atoms with E-state index in [1.54, 1.807) is 13.2 Å². The molecular weight excluding hydrogens is 338 g/mol. The van der Waals surface area contributed by atoms with Gasteiger partial charge in [-0.3, -0.25) is 23.7 Å². The number of nitrogens with one attached hydrogen (secondary N) is 1. The van der Waals surface area contributed by atoms with Gasteiger partial charge in [0.15, 0.2) is 16.6 Å². The largest absolute Gasteiger partial charge is 0.505 e. The average Bonchev–Trinajstić information content (AvgIpc) is 2.87. The summed E-state index contributed by atoms with van der Waals surface area (Å²) >= 11 is 2.38. The fraction of sp³-hybridized carbons (Fsp3) is 0.143. The Morgan fingerprint density at radius 3 is 2.74 bits per heavy atom. The van der Waals surface area contributed by atoms with Crippen molar-refractivity contribution >= 4 is 33.9 Å². The number of anilines is 1. The van der Waals surface area contributed by atoms with Crippen molar-refractivity contribution in [1.82, 2.24) is 8.94 Å². The molecule has 0 saturated carbocycles. The van der Waals surface area contributed by atoms with Crippen LogP contribution in [0.2, 0.25) is 0 Å². The lowest BCUT2D eigenvalue weighted by atomic mass is 10.2. The summed E-state index contributed by atoms with van der Waals surface area (Å²) in [5, 5.41) is 13.2. The van der Waals surface area contributed by atoms with Gasteiger partial charge in [-0.1, -0.05) is 11.5 Å². The molecule has 1 amide bonds. The zero-order valence-corrected chi connectivity index (χ0v) is 13.7. The predicted octanol–water partition coefficient (Wildman–Crippen LogP) is 1.25. The van der Waals surface area contributed by atoms with Crippen molar-refractivity contribution in [2.24, 2.45) is 7.05 Å². The highest BCUT2D eigenvalue weighted by Crippen LogP contribution is 2.23. The van der Waals surface area contributed by atoms with E-state index in [2.05, 4.69) is 10.3 Å². The van der Waals surface area contributed by atoms with E-state index in [9.17, 15) is 19.5 Å². The van der Waals surface area contributed by atoms with Crippen LogP contribution < -0.4 is 16.2 Å². The molecule has 1 aliphatic carbocycles. The van der Waals surface area contributed by atoms with E-state index in [0.717, 1.165) is 22.5 Å². The zero-order chi connectivity index (χ0) is 16.7. The minimum Gasteiger partial charge on any atom is -0.505 e. The van der Waals surface area contributed by atoms with Gasteiger partial charge >= 0.3 is 0 Å². The van der Waals surface area contributed by atoms with Crippen molar-refractivity contribution in [2.75, 3.05) is 5.32 Å². The van der Waals surface area contributed by atoms with E-state index in [4.69, 9.17) is 0 Å². The molecule has 118 valence electrons. The van der Waals surface area contributed by atoms with E-state index >= 15 is 0 Å². The summed E-state index contributed by atoms with van der Waals surface area (Å²) in [5.74, 6) is -1.11. The number of carbonyl (C=O) groups is 1. The molecule has 0 fully saturated rings. The Balaban J connectivity index is 2.20. The zero-order valence-electron chi connectivity index (χ0n) is 12.1. The highest BCUT2D eigenvalue weighted by Gasteiger charge is 2.19. The number of aromatic nitrogens is 2. The van der Waals surface area contributed by atoms with Gasteiger partial charge in [0.25, 0.3) is 5.91 Å². The topological polar surface area (TPSA) is 101 Å². The molecule has 1 aromatic heterocycles. The van der Waals surface area contributed by atoms with Gasteiger partial charge in [0.1, 0.15) is 0 Å². The summed E-state index contributed by atoms with van der Waals surface area (Å²) in [7, 11) is 1.58. The second-order valence-electron chi connectivity index (χ2n) is 4.78. The van der Waals surface area contributed by atoms with E-state index in [1.807, 2.05) is 6.92 Å². The minimum absolute atomic E-state index is 0.0990. The molecule has 1 aromatic rings. The highest BCUT2D eigenvalue weighted by molar-refractivity contribution is 7.15. The molecule has 0 bridgehead atoms. The van der Waals surface area contributed by atoms with Crippen molar-refractivity contribution in [1.29, 1.82) is 0 Å². The van der Waals surface area contributed by atoms with Crippen LogP contribution in [0.25, 0.3) is 0 Å². The number of rotatable bonds is 2. The van der Waals surface area contributed by atoms with Gasteiger partial charge in [0.2, 0.25) is 10.9 Å². The summed E-state index contributed by atoms with van der Waals surface area (Å²) in [4.78, 5) is 40.8. The fourth-order valence-corrected chi connectivity index (χ4v) is 3.75. The SMILES string of the molecule is Cc1cnc(NC(=O)c2c(O)c3c(=O)c(=O)ccc=3sn2C)s1. The van der Waals surface area contributed by atoms with E-state index in [0.29, 0.717) is 9.66 Å². The van der Waals surface area contributed by atoms with Gasteiger partial charge in [-0.25, -0.2) is 4.98 Å². The molecule has 0 aromatic carbocycles. The van der Waals surface area contributed by atoms with Crippen LogP contribution in [0.5, 0.6) is 5.75 Å². The minimum atomic E-state index is -0.823. The molecule has 9 heteroatoms. The molecule has 0 spiro atoms. The first kappa shape index (κ1) is 15.4. The van der Waals surface area contributed by atoms with Crippen LogP contribution in [0.4, 0.5) is 5.13 Å². The van der Waals surface area contributed by atoms with Gasteiger partial charge < -0.3 is 5.11 Å². The molecule has 0 unspecified atom stereocenters. The average molecular weight is 349 g/mol. The van der Waals surface area contributed by atoms with Crippen molar-refractivity contribution < 1.29 is 9.90 Å². The number of thiazole rings is 1. The third-order valence-corrected chi connectivity index (χ3v) is 4.97.